The van der Waals surface area contributed by atoms with Crippen LogP contribution >= 0.6 is 0 Å². The molecular formula is C11H24N4. The fourth-order valence-corrected chi connectivity index (χ4v) is 1.32. The van der Waals surface area contributed by atoms with Gasteiger partial charge in [-0.15, -0.1) is 0 Å². The van der Waals surface area contributed by atoms with Gasteiger partial charge in [-0.3, -0.25) is 4.99 Å². The normalized spacial score (nSPS) is 16.9. The number of nitrogens with one attached hydrogen (secondary N) is 2. The molecule has 4 heteroatoms. The highest BCUT2D eigenvalue weighted by atomic mass is 15.2. The molecule has 88 valence electrons. The first-order valence-corrected chi connectivity index (χ1v) is 5.92. The Balaban J connectivity index is 2.17. The molecule has 0 spiro atoms. The van der Waals surface area contributed by atoms with Crippen molar-refractivity contribution in [1.29, 1.82) is 0 Å². The van der Waals surface area contributed by atoms with Crippen LogP contribution in [-0.4, -0.2) is 50.6 Å². The molecule has 15 heavy (non-hydrogen) atoms. The molecule has 1 saturated carbocycles. The van der Waals surface area contributed by atoms with Gasteiger partial charge in [0.1, 0.15) is 0 Å². The fraction of sp³-hybridized carbons (Fsp3) is 0.909. The van der Waals surface area contributed by atoms with Crippen LogP contribution < -0.4 is 10.6 Å². The first kappa shape index (κ1) is 12.3. The number of aliphatic imine (C=N–C) groups is 1. The minimum absolute atomic E-state index is 0.677. The van der Waals surface area contributed by atoms with E-state index in [0.29, 0.717) is 6.04 Å². The van der Waals surface area contributed by atoms with Crippen LogP contribution in [0.1, 0.15) is 26.2 Å². The summed E-state index contributed by atoms with van der Waals surface area (Å²) in [6.07, 6.45) is 3.71. The van der Waals surface area contributed by atoms with Gasteiger partial charge in [-0.25, -0.2) is 0 Å². The molecule has 1 fully saturated rings. The van der Waals surface area contributed by atoms with Gasteiger partial charge in [0.2, 0.25) is 0 Å². The Hall–Kier alpha value is -0.770. The van der Waals surface area contributed by atoms with Crippen LogP contribution in [0.2, 0.25) is 0 Å². The first-order valence-electron chi connectivity index (χ1n) is 5.92. The van der Waals surface area contributed by atoms with E-state index in [0.717, 1.165) is 32.0 Å². The van der Waals surface area contributed by atoms with E-state index < -0.39 is 0 Å². The molecule has 1 rings (SSSR count). The summed E-state index contributed by atoms with van der Waals surface area (Å²) >= 11 is 0. The Labute approximate surface area is 93.1 Å². The topological polar surface area (TPSA) is 39.7 Å². The monoisotopic (exact) mass is 212 g/mol. The maximum atomic E-state index is 4.53. The van der Waals surface area contributed by atoms with Gasteiger partial charge in [-0.2, -0.15) is 0 Å². The molecule has 1 aliphatic carbocycles. The molecule has 0 aromatic carbocycles. The molecule has 2 N–H and O–H groups in total. The van der Waals surface area contributed by atoms with Crippen LogP contribution in [0.15, 0.2) is 4.99 Å². The van der Waals surface area contributed by atoms with Crippen molar-refractivity contribution in [3.05, 3.63) is 0 Å². The summed E-state index contributed by atoms with van der Waals surface area (Å²) in [5.74, 6) is 0.985. The molecule has 0 saturated heterocycles. The highest BCUT2D eigenvalue weighted by Crippen LogP contribution is 2.18. The van der Waals surface area contributed by atoms with Crippen LogP contribution in [0.25, 0.3) is 0 Å². The maximum Gasteiger partial charge on any atom is 0.191 e. The number of hydrogen-bond donors (Lipinski definition) is 2. The van der Waals surface area contributed by atoms with E-state index in [-0.39, 0.29) is 0 Å². The fourth-order valence-electron chi connectivity index (χ4n) is 1.32. The minimum atomic E-state index is 0.677. The summed E-state index contributed by atoms with van der Waals surface area (Å²) < 4.78 is 0. The van der Waals surface area contributed by atoms with Crippen LogP contribution in [0, 0.1) is 0 Å². The van der Waals surface area contributed by atoms with Gasteiger partial charge in [0.25, 0.3) is 0 Å². The smallest absolute Gasteiger partial charge is 0.191 e. The van der Waals surface area contributed by atoms with Crippen molar-refractivity contribution in [3.8, 4) is 0 Å². The second-order valence-corrected chi connectivity index (χ2v) is 4.34. The van der Waals surface area contributed by atoms with Crippen molar-refractivity contribution in [1.82, 2.24) is 15.5 Å². The van der Waals surface area contributed by atoms with Gasteiger partial charge < -0.3 is 15.5 Å². The Morgan fingerprint density at radius 2 is 2.13 bits per heavy atom. The third-order valence-electron chi connectivity index (χ3n) is 2.30. The zero-order valence-corrected chi connectivity index (χ0v) is 10.2. The summed E-state index contributed by atoms with van der Waals surface area (Å²) in [6, 6.07) is 0.677. The van der Waals surface area contributed by atoms with Crippen LogP contribution in [0.3, 0.4) is 0 Å². The van der Waals surface area contributed by atoms with E-state index in [4.69, 9.17) is 0 Å². The quantitative estimate of drug-likeness (QED) is 0.386. The van der Waals surface area contributed by atoms with Crippen molar-refractivity contribution < 1.29 is 0 Å². The number of hydrogen-bond acceptors (Lipinski definition) is 2. The maximum absolute atomic E-state index is 4.53. The summed E-state index contributed by atoms with van der Waals surface area (Å²) in [5.41, 5.74) is 0. The van der Waals surface area contributed by atoms with E-state index >= 15 is 0 Å². The van der Waals surface area contributed by atoms with Crippen molar-refractivity contribution >= 4 is 5.96 Å². The molecule has 1 aliphatic rings. The van der Waals surface area contributed by atoms with E-state index in [1.54, 1.807) is 0 Å². The number of guanidine groups is 1. The number of nitrogens with zero attached hydrogens (tertiary/aromatic N) is 2. The van der Waals surface area contributed by atoms with E-state index in [1.165, 1.54) is 12.8 Å². The highest BCUT2D eigenvalue weighted by Gasteiger charge is 2.21. The summed E-state index contributed by atoms with van der Waals surface area (Å²) in [4.78, 5) is 6.72. The molecule has 0 unspecified atom stereocenters. The molecule has 0 radical (unpaired) electrons. The third kappa shape index (κ3) is 6.33. The standard InChI is InChI=1S/C11H24N4/c1-4-12-11(14-10-6-7-10)13-8-5-9-15(2)3/h10H,4-9H2,1-3H3,(H2,12,13,14). The van der Waals surface area contributed by atoms with Gasteiger partial charge in [-0.1, -0.05) is 0 Å². The second-order valence-electron chi connectivity index (χ2n) is 4.34. The lowest BCUT2D eigenvalue weighted by Gasteiger charge is -2.11. The second kappa shape index (κ2) is 6.67. The first-order chi connectivity index (χ1) is 7.22. The van der Waals surface area contributed by atoms with E-state index in [9.17, 15) is 0 Å². The molecule has 0 aromatic rings. The molecule has 0 atom stereocenters. The van der Waals surface area contributed by atoms with Gasteiger partial charge in [0.05, 0.1) is 0 Å². The molecule has 4 nitrogen and oxygen atoms in total. The van der Waals surface area contributed by atoms with Gasteiger partial charge in [0.15, 0.2) is 5.96 Å². The zero-order chi connectivity index (χ0) is 11.1. The SMILES string of the molecule is CCNC(=NCCCN(C)C)NC1CC1. The summed E-state index contributed by atoms with van der Waals surface area (Å²) in [5, 5.41) is 6.67. The molecule has 0 aromatic heterocycles. The highest BCUT2D eigenvalue weighted by molar-refractivity contribution is 5.80. The summed E-state index contributed by atoms with van der Waals surface area (Å²) in [6.45, 7) is 5.04. The van der Waals surface area contributed by atoms with Crippen molar-refractivity contribution in [2.24, 2.45) is 4.99 Å². The Bertz CT molecular complexity index is 197. The van der Waals surface area contributed by atoms with Crippen molar-refractivity contribution in [2.75, 3.05) is 33.7 Å². The van der Waals surface area contributed by atoms with Gasteiger partial charge >= 0.3 is 0 Å². The molecule has 0 amide bonds. The molecule has 0 heterocycles. The lowest BCUT2D eigenvalue weighted by atomic mass is 10.4. The zero-order valence-electron chi connectivity index (χ0n) is 10.2. The van der Waals surface area contributed by atoms with E-state index in [2.05, 4.69) is 41.5 Å². The average Bonchev–Trinajstić information content (AvgIpc) is 2.96. The van der Waals surface area contributed by atoms with E-state index in [1.807, 2.05) is 0 Å². The molecule has 0 bridgehead atoms. The average molecular weight is 212 g/mol. The van der Waals surface area contributed by atoms with Crippen LogP contribution in [0.4, 0.5) is 0 Å². The van der Waals surface area contributed by atoms with Crippen LogP contribution in [-0.2, 0) is 0 Å². The lowest BCUT2D eigenvalue weighted by molar-refractivity contribution is 0.403. The summed E-state index contributed by atoms with van der Waals surface area (Å²) in [7, 11) is 4.19. The predicted octanol–water partition coefficient (Wildman–Crippen LogP) is 0.656. The van der Waals surface area contributed by atoms with Crippen molar-refractivity contribution in [3.63, 3.8) is 0 Å². The Kier molecular flexibility index (Phi) is 5.47. The largest absolute Gasteiger partial charge is 0.357 e. The van der Waals surface area contributed by atoms with Gasteiger partial charge in [-0.05, 0) is 46.8 Å². The third-order valence-corrected chi connectivity index (χ3v) is 2.30. The van der Waals surface area contributed by atoms with Crippen LogP contribution in [0.5, 0.6) is 0 Å². The predicted molar refractivity (Wildman–Crippen MR) is 65.3 cm³/mol. The Morgan fingerprint density at radius 3 is 2.67 bits per heavy atom. The van der Waals surface area contributed by atoms with Crippen molar-refractivity contribution in [2.45, 2.75) is 32.2 Å². The lowest BCUT2D eigenvalue weighted by Crippen LogP contribution is -2.38. The molecule has 0 aliphatic heterocycles. The molecular weight excluding hydrogens is 188 g/mol. The number of rotatable bonds is 6. The minimum Gasteiger partial charge on any atom is -0.357 e. The Morgan fingerprint density at radius 1 is 1.40 bits per heavy atom. The van der Waals surface area contributed by atoms with Gasteiger partial charge in [0, 0.05) is 19.1 Å².